The van der Waals surface area contributed by atoms with Crippen LogP contribution in [0.4, 0.5) is 0 Å². The zero-order valence-corrected chi connectivity index (χ0v) is 16.8. The standard InChI is InChI=1S/C24H25NO4/c1-15-10-20-18(13-28-22(20)11-16(15)2)12-24(27)29-14-23(26)25-21-9-5-7-17-6-3-4-8-19(17)21/h3-4,6,8,10-11,13,21H,5,7,9,12,14H2,1-2H3,(H,25,26)/t21-/m1/s1. The number of furan rings is 1. The molecule has 0 saturated heterocycles. The van der Waals surface area contributed by atoms with Crippen molar-refractivity contribution in [1.29, 1.82) is 0 Å². The molecule has 1 aliphatic rings. The van der Waals surface area contributed by atoms with Gasteiger partial charge in [-0.1, -0.05) is 24.3 Å². The molecule has 1 aliphatic carbocycles. The molecule has 0 radical (unpaired) electrons. The first-order valence-corrected chi connectivity index (χ1v) is 10.0. The van der Waals surface area contributed by atoms with Crippen LogP contribution in [0.2, 0.25) is 0 Å². The molecule has 0 bridgehead atoms. The number of amides is 1. The molecule has 0 fully saturated rings. The Labute approximate surface area is 170 Å². The number of aryl methyl sites for hydroxylation is 3. The number of carbonyl (C=O) groups is 2. The zero-order valence-electron chi connectivity index (χ0n) is 16.8. The van der Waals surface area contributed by atoms with E-state index in [1.807, 2.05) is 38.1 Å². The molecule has 5 heteroatoms. The Balaban J connectivity index is 1.33. The van der Waals surface area contributed by atoms with Crippen molar-refractivity contribution in [2.75, 3.05) is 6.61 Å². The van der Waals surface area contributed by atoms with Crippen molar-refractivity contribution >= 4 is 22.8 Å². The largest absolute Gasteiger partial charge is 0.464 e. The van der Waals surface area contributed by atoms with Crippen molar-refractivity contribution in [2.45, 2.75) is 45.6 Å². The Bertz CT molecular complexity index is 1070. The fraction of sp³-hybridized carbons (Fsp3) is 0.333. The summed E-state index contributed by atoms with van der Waals surface area (Å²) >= 11 is 0. The Kier molecular flexibility index (Phi) is 5.38. The van der Waals surface area contributed by atoms with E-state index in [1.165, 1.54) is 5.56 Å². The third-order valence-corrected chi connectivity index (χ3v) is 5.67. The highest BCUT2D eigenvalue weighted by Gasteiger charge is 2.22. The number of fused-ring (bicyclic) bond motifs is 2. The van der Waals surface area contributed by atoms with Gasteiger partial charge in [0.2, 0.25) is 0 Å². The maximum absolute atomic E-state index is 12.3. The summed E-state index contributed by atoms with van der Waals surface area (Å²) in [5, 5.41) is 3.91. The Morgan fingerprint density at radius 2 is 1.97 bits per heavy atom. The molecule has 150 valence electrons. The van der Waals surface area contributed by atoms with Crippen LogP contribution in [-0.2, 0) is 27.2 Å². The molecule has 0 saturated carbocycles. The first-order valence-electron chi connectivity index (χ1n) is 10.0. The van der Waals surface area contributed by atoms with E-state index < -0.39 is 5.97 Å². The Hall–Kier alpha value is -3.08. The predicted molar refractivity (Wildman–Crippen MR) is 111 cm³/mol. The summed E-state index contributed by atoms with van der Waals surface area (Å²) < 4.78 is 10.8. The molecular formula is C24H25NO4. The number of nitrogens with one attached hydrogen (secondary N) is 1. The van der Waals surface area contributed by atoms with E-state index in [0.29, 0.717) is 0 Å². The van der Waals surface area contributed by atoms with Crippen molar-refractivity contribution in [3.63, 3.8) is 0 Å². The van der Waals surface area contributed by atoms with Crippen LogP contribution in [0.15, 0.2) is 47.1 Å². The highest BCUT2D eigenvalue weighted by Crippen LogP contribution is 2.29. The summed E-state index contributed by atoms with van der Waals surface area (Å²) in [6.45, 7) is 3.78. The molecule has 2 aromatic carbocycles. The fourth-order valence-corrected chi connectivity index (χ4v) is 3.97. The van der Waals surface area contributed by atoms with Gasteiger partial charge in [0.1, 0.15) is 5.58 Å². The molecule has 5 nitrogen and oxygen atoms in total. The molecule has 0 spiro atoms. The second-order valence-electron chi connectivity index (χ2n) is 7.74. The SMILES string of the molecule is Cc1cc2occ(CC(=O)OCC(=O)N[C@@H]3CCCc4ccccc43)c2cc1C. The van der Waals surface area contributed by atoms with Gasteiger partial charge in [0, 0.05) is 10.9 Å². The predicted octanol–water partition coefficient (Wildman–Crippen LogP) is 4.33. The summed E-state index contributed by atoms with van der Waals surface area (Å²) in [6, 6.07) is 12.1. The van der Waals surface area contributed by atoms with Crippen LogP contribution < -0.4 is 5.32 Å². The van der Waals surface area contributed by atoms with Gasteiger partial charge in [-0.15, -0.1) is 0 Å². The maximum atomic E-state index is 12.3. The van der Waals surface area contributed by atoms with E-state index in [0.717, 1.165) is 52.5 Å². The average Bonchev–Trinajstić information content (AvgIpc) is 3.08. The Morgan fingerprint density at radius 3 is 2.83 bits per heavy atom. The number of esters is 1. The molecule has 0 aliphatic heterocycles. The molecule has 29 heavy (non-hydrogen) atoms. The number of ether oxygens (including phenoxy) is 1. The number of rotatable bonds is 5. The minimum absolute atomic E-state index is 0.0183. The lowest BCUT2D eigenvalue weighted by Gasteiger charge is -2.26. The quantitative estimate of drug-likeness (QED) is 0.658. The van der Waals surface area contributed by atoms with Gasteiger partial charge in [-0.05, 0) is 67.5 Å². The molecule has 1 heterocycles. The minimum atomic E-state index is -0.440. The van der Waals surface area contributed by atoms with Crippen LogP contribution in [0.3, 0.4) is 0 Å². The van der Waals surface area contributed by atoms with Gasteiger partial charge in [0.25, 0.3) is 5.91 Å². The van der Waals surface area contributed by atoms with Gasteiger partial charge in [0.15, 0.2) is 6.61 Å². The van der Waals surface area contributed by atoms with Gasteiger partial charge in [-0.25, -0.2) is 0 Å². The lowest BCUT2D eigenvalue weighted by Crippen LogP contribution is -2.34. The minimum Gasteiger partial charge on any atom is -0.464 e. The van der Waals surface area contributed by atoms with Crippen LogP contribution in [0.25, 0.3) is 11.0 Å². The summed E-state index contributed by atoms with van der Waals surface area (Å²) in [5.74, 6) is -0.714. The van der Waals surface area contributed by atoms with Crippen molar-refractivity contribution in [1.82, 2.24) is 5.32 Å². The van der Waals surface area contributed by atoms with Crippen LogP contribution in [0, 0.1) is 13.8 Å². The van der Waals surface area contributed by atoms with Gasteiger partial charge in [-0.2, -0.15) is 0 Å². The van der Waals surface area contributed by atoms with E-state index in [1.54, 1.807) is 6.26 Å². The van der Waals surface area contributed by atoms with E-state index in [4.69, 9.17) is 9.15 Å². The molecule has 4 rings (SSSR count). The molecule has 0 unspecified atom stereocenters. The second-order valence-corrected chi connectivity index (χ2v) is 7.74. The van der Waals surface area contributed by atoms with E-state index >= 15 is 0 Å². The first-order chi connectivity index (χ1) is 14.0. The molecule has 1 atom stereocenters. The molecule has 1 N–H and O–H groups in total. The highest BCUT2D eigenvalue weighted by molar-refractivity contribution is 5.87. The highest BCUT2D eigenvalue weighted by atomic mass is 16.5. The number of carbonyl (C=O) groups excluding carboxylic acids is 2. The summed E-state index contributed by atoms with van der Waals surface area (Å²) in [6.07, 6.45) is 4.64. The van der Waals surface area contributed by atoms with Gasteiger partial charge < -0.3 is 14.5 Å². The van der Waals surface area contributed by atoms with Crippen molar-refractivity contribution in [3.8, 4) is 0 Å². The second kappa shape index (κ2) is 8.11. The summed E-state index contributed by atoms with van der Waals surface area (Å²) in [7, 11) is 0. The average molecular weight is 391 g/mol. The summed E-state index contributed by atoms with van der Waals surface area (Å²) in [5.41, 5.74) is 6.24. The molecule has 1 amide bonds. The maximum Gasteiger partial charge on any atom is 0.310 e. The van der Waals surface area contributed by atoms with Crippen LogP contribution in [-0.4, -0.2) is 18.5 Å². The van der Waals surface area contributed by atoms with Crippen molar-refractivity contribution < 1.29 is 18.7 Å². The lowest BCUT2D eigenvalue weighted by molar-refractivity contribution is -0.148. The van der Waals surface area contributed by atoms with Gasteiger partial charge in [0.05, 0.1) is 18.7 Å². The fourth-order valence-electron chi connectivity index (χ4n) is 3.97. The van der Waals surface area contributed by atoms with Crippen molar-refractivity contribution in [3.05, 3.63) is 70.5 Å². The van der Waals surface area contributed by atoms with E-state index in [-0.39, 0.29) is 25.0 Å². The number of benzene rings is 2. The van der Waals surface area contributed by atoms with Crippen LogP contribution in [0.1, 0.15) is 46.7 Å². The topological polar surface area (TPSA) is 68.5 Å². The van der Waals surface area contributed by atoms with Crippen LogP contribution >= 0.6 is 0 Å². The smallest absolute Gasteiger partial charge is 0.310 e. The van der Waals surface area contributed by atoms with Gasteiger partial charge in [-0.3, -0.25) is 9.59 Å². The summed E-state index contributed by atoms with van der Waals surface area (Å²) in [4.78, 5) is 24.6. The third kappa shape index (κ3) is 4.19. The van der Waals surface area contributed by atoms with E-state index in [2.05, 4.69) is 17.4 Å². The Morgan fingerprint density at radius 1 is 1.17 bits per heavy atom. The zero-order chi connectivity index (χ0) is 20.4. The molecule has 1 aromatic heterocycles. The molecular weight excluding hydrogens is 366 g/mol. The van der Waals surface area contributed by atoms with E-state index in [9.17, 15) is 9.59 Å². The normalized spacial score (nSPS) is 15.7. The number of hydrogen-bond donors (Lipinski definition) is 1. The van der Waals surface area contributed by atoms with Crippen molar-refractivity contribution in [2.24, 2.45) is 0 Å². The first kappa shape index (κ1) is 19.2. The monoisotopic (exact) mass is 391 g/mol. The third-order valence-electron chi connectivity index (χ3n) is 5.67. The number of hydrogen-bond acceptors (Lipinski definition) is 4. The van der Waals surface area contributed by atoms with Gasteiger partial charge >= 0.3 is 5.97 Å². The molecule has 3 aromatic rings. The lowest BCUT2D eigenvalue weighted by atomic mass is 9.88. The van der Waals surface area contributed by atoms with Crippen LogP contribution in [0.5, 0.6) is 0 Å².